The molecular weight excluding hydrogens is 271 g/mol. The third kappa shape index (κ3) is 3.80. The van der Waals surface area contributed by atoms with E-state index in [9.17, 15) is 13.2 Å². The average Bonchev–Trinajstić information content (AvgIpc) is 2.75. The predicted octanol–water partition coefficient (Wildman–Crippen LogP) is 2.57. The molecule has 2 aromatic rings. The van der Waals surface area contributed by atoms with Gasteiger partial charge in [-0.1, -0.05) is 23.4 Å². The van der Waals surface area contributed by atoms with Gasteiger partial charge in [-0.15, -0.1) is 0 Å². The van der Waals surface area contributed by atoms with Gasteiger partial charge < -0.3 is 10.3 Å². The van der Waals surface area contributed by atoms with Crippen LogP contribution in [0, 0.1) is 0 Å². The molecule has 0 saturated carbocycles. The van der Waals surface area contributed by atoms with Crippen LogP contribution in [0.4, 0.5) is 13.2 Å². The quantitative estimate of drug-likeness (QED) is 0.937. The lowest BCUT2D eigenvalue weighted by molar-refractivity contribution is -0.137. The SMILES string of the molecule is CC(N)Cc1noc(Cc2cccc(C(F)(F)F)c2)n1. The van der Waals surface area contributed by atoms with Crippen LogP contribution in [0.3, 0.4) is 0 Å². The minimum absolute atomic E-state index is 0.103. The Balaban J connectivity index is 2.12. The van der Waals surface area contributed by atoms with Gasteiger partial charge in [0.25, 0.3) is 0 Å². The number of hydrogen-bond donors (Lipinski definition) is 1. The van der Waals surface area contributed by atoms with Gasteiger partial charge in [-0.3, -0.25) is 0 Å². The van der Waals surface area contributed by atoms with E-state index in [2.05, 4.69) is 10.1 Å². The summed E-state index contributed by atoms with van der Waals surface area (Å²) < 4.78 is 42.8. The first kappa shape index (κ1) is 14.5. The van der Waals surface area contributed by atoms with E-state index in [0.717, 1.165) is 12.1 Å². The van der Waals surface area contributed by atoms with Crippen molar-refractivity contribution in [2.45, 2.75) is 32.0 Å². The molecule has 0 fully saturated rings. The van der Waals surface area contributed by atoms with E-state index in [1.807, 2.05) is 6.92 Å². The molecule has 20 heavy (non-hydrogen) atoms. The Bertz CT molecular complexity index is 578. The van der Waals surface area contributed by atoms with E-state index < -0.39 is 11.7 Å². The van der Waals surface area contributed by atoms with Crippen molar-refractivity contribution in [1.29, 1.82) is 0 Å². The average molecular weight is 285 g/mol. The molecule has 108 valence electrons. The molecule has 1 atom stereocenters. The number of nitrogens with zero attached hydrogens (tertiary/aromatic N) is 2. The zero-order valence-corrected chi connectivity index (χ0v) is 10.8. The van der Waals surface area contributed by atoms with Crippen LogP contribution in [-0.2, 0) is 19.0 Å². The zero-order chi connectivity index (χ0) is 14.8. The Hall–Kier alpha value is -1.89. The Kier molecular flexibility index (Phi) is 4.08. The fraction of sp³-hybridized carbons (Fsp3) is 0.385. The van der Waals surface area contributed by atoms with Crippen molar-refractivity contribution in [2.75, 3.05) is 0 Å². The third-order valence-corrected chi connectivity index (χ3v) is 2.62. The molecule has 1 aromatic carbocycles. The van der Waals surface area contributed by atoms with Crippen molar-refractivity contribution in [2.24, 2.45) is 5.73 Å². The van der Waals surface area contributed by atoms with Crippen molar-refractivity contribution in [3.63, 3.8) is 0 Å². The van der Waals surface area contributed by atoms with Crippen LogP contribution < -0.4 is 5.73 Å². The van der Waals surface area contributed by atoms with Crippen LogP contribution in [0.5, 0.6) is 0 Å². The predicted molar refractivity (Wildman–Crippen MR) is 65.9 cm³/mol. The summed E-state index contributed by atoms with van der Waals surface area (Å²) in [5, 5.41) is 3.74. The molecule has 4 nitrogen and oxygen atoms in total. The minimum atomic E-state index is -4.36. The first-order valence-corrected chi connectivity index (χ1v) is 6.08. The molecule has 0 spiro atoms. The van der Waals surface area contributed by atoms with Crippen LogP contribution in [0.25, 0.3) is 0 Å². The van der Waals surface area contributed by atoms with Gasteiger partial charge in [0.05, 0.1) is 12.0 Å². The molecule has 0 saturated heterocycles. The summed E-state index contributed by atoms with van der Waals surface area (Å²) in [6.07, 6.45) is -3.73. The largest absolute Gasteiger partial charge is 0.416 e. The maximum atomic E-state index is 12.6. The fourth-order valence-corrected chi connectivity index (χ4v) is 1.77. The molecule has 1 heterocycles. The summed E-state index contributed by atoms with van der Waals surface area (Å²) in [6.45, 7) is 1.81. The highest BCUT2D eigenvalue weighted by Gasteiger charge is 2.30. The first-order chi connectivity index (χ1) is 9.34. The molecule has 2 rings (SSSR count). The van der Waals surface area contributed by atoms with Crippen LogP contribution in [0.2, 0.25) is 0 Å². The molecule has 1 unspecified atom stereocenters. The van der Waals surface area contributed by atoms with Gasteiger partial charge in [0.2, 0.25) is 5.89 Å². The second-order valence-corrected chi connectivity index (χ2v) is 4.66. The van der Waals surface area contributed by atoms with Gasteiger partial charge in [-0.05, 0) is 18.6 Å². The molecule has 0 aliphatic heterocycles. The van der Waals surface area contributed by atoms with Crippen molar-refractivity contribution < 1.29 is 17.7 Å². The number of halogens is 3. The van der Waals surface area contributed by atoms with E-state index in [0.29, 0.717) is 17.8 Å². The number of alkyl halides is 3. The maximum absolute atomic E-state index is 12.6. The van der Waals surface area contributed by atoms with Gasteiger partial charge in [0.1, 0.15) is 0 Å². The second-order valence-electron chi connectivity index (χ2n) is 4.66. The molecule has 0 bridgehead atoms. The molecule has 7 heteroatoms. The highest BCUT2D eigenvalue weighted by Crippen LogP contribution is 2.29. The minimum Gasteiger partial charge on any atom is -0.339 e. The molecule has 2 N–H and O–H groups in total. The van der Waals surface area contributed by atoms with Crippen LogP contribution in [-0.4, -0.2) is 16.2 Å². The summed E-state index contributed by atoms with van der Waals surface area (Å²) >= 11 is 0. The summed E-state index contributed by atoms with van der Waals surface area (Å²) in [7, 11) is 0. The molecule has 0 amide bonds. The van der Waals surface area contributed by atoms with E-state index >= 15 is 0 Å². The lowest BCUT2D eigenvalue weighted by Crippen LogP contribution is -2.18. The summed E-state index contributed by atoms with van der Waals surface area (Å²) in [5.74, 6) is 0.738. The summed E-state index contributed by atoms with van der Waals surface area (Å²) in [4.78, 5) is 4.10. The zero-order valence-electron chi connectivity index (χ0n) is 10.8. The number of aromatic nitrogens is 2. The Morgan fingerprint density at radius 3 is 2.75 bits per heavy atom. The first-order valence-electron chi connectivity index (χ1n) is 6.08. The van der Waals surface area contributed by atoms with E-state index in [1.165, 1.54) is 6.07 Å². The number of benzene rings is 1. The van der Waals surface area contributed by atoms with Crippen LogP contribution >= 0.6 is 0 Å². The topological polar surface area (TPSA) is 64.9 Å². The number of hydrogen-bond acceptors (Lipinski definition) is 4. The number of rotatable bonds is 4. The van der Waals surface area contributed by atoms with E-state index in [1.54, 1.807) is 6.07 Å². The van der Waals surface area contributed by atoms with Gasteiger partial charge in [-0.2, -0.15) is 18.2 Å². The van der Waals surface area contributed by atoms with Crippen molar-refractivity contribution in [1.82, 2.24) is 10.1 Å². The Labute approximate surface area is 113 Å². The lowest BCUT2D eigenvalue weighted by Gasteiger charge is -2.07. The monoisotopic (exact) mass is 285 g/mol. The normalized spacial score (nSPS) is 13.4. The van der Waals surface area contributed by atoms with E-state index in [4.69, 9.17) is 10.3 Å². The highest BCUT2D eigenvalue weighted by atomic mass is 19.4. The molecule has 0 radical (unpaired) electrons. The fourth-order valence-electron chi connectivity index (χ4n) is 1.77. The third-order valence-electron chi connectivity index (χ3n) is 2.62. The molecule has 0 aliphatic carbocycles. The van der Waals surface area contributed by atoms with Crippen LogP contribution in [0.15, 0.2) is 28.8 Å². The molecular formula is C13H14F3N3O. The van der Waals surface area contributed by atoms with Gasteiger partial charge in [0.15, 0.2) is 5.82 Å². The lowest BCUT2D eigenvalue weighted by atomic mass is 10.1. The smallest absolute Gasteiger partial charge is 0.339 e. The van der Waals surface area contributed by atoms with Gasteiger partial charge >= 0.3 is 6.18 Å². The van der Waals surface area contributed by atoms with Crippen molar-refractivity contribution >= 4 is 0 Å². The van der Waals surface area contributed by atoms with Crippen molar-refractivity contribution in [3.8, 4) is 0 Å². The standard InChI is InChI=1S/C13H14F3N3O/c1-8(17)5-11-18-12(20-19-11)7-9-3-2-4-10(6-9)13(14,15)16/h2-4,6,8H,5,7,17H2,1H3. The maximum Gasteiger partial charge on any atom is 0.416 e. The second kappa shape index (κ2) is 5.62. The number of nitrogens with two attached hydrogens (primary N) is 1. The van der Waals surface area contributed by atoms with E-state index in [-0.39, 0.29) is 18.4 Å². The molecule has 0 aliphatic rings. The van der Waals surface area contributed by atoms with Gasteiger partial charge in [0, 0.05) is 12.5 Å². The summed E-state index contributed by atoms with van der Waals surface area (Å²) in [5.41, 5.74) is 5.39. The Morgan fingerprint density at radius 2 is 2.10 bits per heavy atom. The Morgan fingerprint density at radius 1 is 1.35 bits per heavy atom. The van der Waals surface area contributed by atoms with Crippen LogP contribution in [0.1, 0.15) is 29.8 Å². The highest BCUT2D eigenvalue weighted by molar-refractivity contribution is 5.27. The molecule has 1 aromatic heterocycles. The summed E-state index contributed by atoms with van der Waals surface area (Å²) in [6, 6.07) is 4.95. The van der Waals surface area contributed by atoms with Gasteiger partial charge in [-0.25, -0.2) is 0 Å². The van der Waals surface area contributed by atoms with Crippen molar-refractivity contribution in [3.05, 3.63) is 47.1 Å².